The minimum atomic E-state index is -3.73. The second kappa shape index (κ2) is 9.89. The van der Waals surface area contributed by atoms with E-state index >= 15 is 0 Å². The first-order valence-corrected chi connectivity index (χ1v) is 10.5. The minimum Gasteiger partial charge on any atom is -0.494 e. The summed E-state index contributed by atoms with van der Waals surface area (Å²) < 4.78 is 32.8. The van der Waals surface area contributed by atoms with Crippen LogP contribution in [0.1, 0.15) is 44.0 Å². The highest BCUT2D eigenvalue weighted by Crippen LogP contribution is 2.19. The molecule has 0 saturated carbocycles. The Bertz CT molecular complexity index is 921. The lowest BCUT2D eigenvalue weighted by molar-refractivity contribution is 0.0954. The molecule has 28 heavy (non-hydrogen) atoms. The van der Waals surface area contributed by atoms with E-state index in [9.17, 15) is 13.2 Å². The van der Waals surface area contributed by atoms with Gasteiger partial charge in [0.25, 0.3) is 15.9 Å². The summed E-state index contributed by atoms with van der Waals surface area (Å²) in [7, 11) is -3.73. The van der Waals surface area contributed by atoms with Gasteiger partial charge in [-0.15, -0.1) is 0 Å². The highest BCUT2D eigenvalue weighted by Gasteiger charge is 2.14. The molecule has 0 radical (unpaired) electrons. The van der Waals surface area contributed by atoms with E-state index in [1.54, 1.807) is 12.1 Å². The topological polar surface area (TPSA) is 96.9 Å². The number of sulfonamides is 1. The zero-order valence-corrected chi connectivity index (χ0v) is 17.0. The highest BCUT2D eigenvalue weighted by atomic mass is 32.2. The van der Waals surface area contributed by atoms with Gasteiger partial charge in [0, 0.05) is 17.0 Å². The Balaban J connectivity index is 2.04. The molecule has 0 aliphatic carbocycles. The molecule has 0 atom stereocenters. The number of hydrogen-bond donors (Lipinski definition) is 2. The second-order valence-corrected chi connectivity index (χ2v) is 7.81. The first-order chi connectivity index (χ1) is 13.4. The van der Waals surface area contributed by atoms with E-state index in [1.165, 1.54) is 36.4 Å². The molecule has 0 aliphatic heterocycles. The van der Waals surface area contributed by atoms with Crippen molar-refractivity contribution in [2.45, 2.75) is 38.5 Å². The third kappa shape index (κ3) is 6.09. The number of hydrazone groups is 1. The Morgan fingerprint density at radius 2 is 1.68 bits per heavy atom. The van der Waals surface area contributed by atoms with Crippen LogP contribution in [0.15, 0.2) is 58.5 Å². The first-order valence-electron chi connectivity index (χ1n) is 9.05. The van der Waals surface area contributed by atoms with Gasteiger partial charge < -0.3 is 4.74 Å². The normalized spacial score (nSPS) is 11.8. The Hall–Kier alpha value is -2.87. The maximum atomic E-state index is 12.5. The number of nitrogens with zero attached hydrogens (tertiary/aromatic N) is 1. The van der Waals surface area contributed by atoms with Crippen LogP contribution in [-0.4, -0.2) is 26.6 Å². The zero-order chi connectivity index (χ0) is 20.6. The smallest absolute Gasteiger partial charge is 0.271 e. The number of ether oxygens (including phenoxy) is 1. The molecule has 0 saturated heterocycles. The van der Waals surface area contributed by atoms with Gasteiger partial charge in [-0.05, 0) is 68.8 Å². The van der Waals surface area contributed by atoms with Gasteiger partial charge in [0.2, 0.25) is 0 Å². The lowest BCUT2D eigenvalue weighted by Crippen LogP contribution is -2.19. The van der Waals surface area contributed by atoms with Crippen molar-refractivity contribution < 1.29 is 17.9 Å². The van der Waals surface area contributed by atoms with Crippen molar-refractivity contribution in [3.05, 3.63) is 54.1 Å². The van der Waals surface area contributed by atoms with Crippen molar-refractivity contribution in [3.63, 3.8) is 0 Å². The predicted molar refractivity (Wildman–Crippen MR) is 110 cm³/mol. The van der Waals surface area contributed by atoms with E-state index in [-0.39, 0.29) is 10.8 Å². The number of anilines is 1. The van der Waals surface area contributed by atoms with Crippen molar-refractivity contribution in [2.24, 2.45) is 5.10 Å². The maximum Gasteiger partial charge on any atom is 0.271 e. The molecule has 0 bridgehead atoms. The van der Waals surface area contributed by atoms with Crippen molar-refractivity contribution in [2.75, 3.05) is 11.3 Å². The summed E-state index contributed by atoms with van der Waals surface area (Å²) in [6, 6.07) is 12.3. The van der Waals surface area contributed by atoms with E-state index in [0.29, 0.717) is 23.6 Å². The maximum absolute atomic E-state index is 12.5. The number of carbonyl (C=O) groups is 1. The molecule has 7 nitrogen and oxygen atoms in total. The Morgan fingerprint density at radius 1 is 1.04 bits per heavy atom. The summed E-state index contributed by atoms with van der Waals surface area (Å²) >= 11 is 0. The van der Waals surface area contributed by atoms with Crippen molar-refractivity contribution >= 4 is 27.3 Å². The van der Waals surface area contributed by atoms with Gasteiger partial charge in [-0.25, -0.2) is 13.8 Å². The van der Waals surface area contributed by atoms with Crippen molar-refractivity contribution in [3.8, 4) is 5.75 Å². The number of amides is 1. The van der Waals surface area contributed by atoms with Gasteiger partial charge in [-0.1, -0.05) is 13.3 Å². The van der Waals surface area contributed by atoms with E-state index in [1.807, 2.05) is 20.8 Å². The molecule has 0 spiro atoms. The Labute approximate surface area is 165 Å². The van der Waals surface area contributed by atoms with Gasteiger partial charge in [-0.2, -0.15) is 5.10 Å². The minimum absolute atomic E-state index is 0.124. The van der Waals surface area contributed by atoms with E-state index < -0.39 is 10.0 Å². The summed E-state index contributed by atoms with van der Waals surface area (Å²) in [6.07, 6.45) is 1.76. The van der Waals surface area contributed by atoms with E-state index in [0.717, 1.165) is 18.6 Å². The van der Waals surface area contributed by atoms with E-state index in [4.69, 9.17) is 4.74 Å². The first kappa shape index (κ1) is 21.4. The summed E-state index contributed by atoms with van der Waals surface area (Å²) in [5.41, 5.74) is 4.08. The lowest BCUT2D eigenvalue weighted by atomic mass is 10.2. The number of nitrogens with one attached hydrogen (secondary N) is 2. The van der Waals surface area contributed by atoms with Crippen LogP contribution in [-0.2, 0) is 10.0 Å². The predicted octanol–water partition coefficient (Wildman–Crippen LogP) is 3.79. The number of hydrogen-bond acceptors (Lipinski definition) is 5. The van der Waals surface area contributed by atoms with E-state index in [2.05, 4.69) is 15.2 Å². The summed E-state index contributed by atoms with van der Waals surface area (Å²) in [5.74, 6) is 0.255. The monoisotopic (exact) mass is 403 g/mol. The Morgan fingerprint density at radius 3 is 2.25 bits per heavy atom. The average Bonchev–Trinajstić information content (AvgIpc) is 2.67. The molecule has 2 N–H and O–H groups in total. The molecular formula is C20H25N3O4S. The van der Waals surface area contributed by atoms with Crippen LogP contribution in [0.25, 0.3) is 0 Å². The quantitative estimate of drug-likeness (QED) is 0.492. The largest absolute Gasteiger partial charge is 0.494 e. The van der Waals surface area contributed by atoms with Crippen LogP contribution in [0, 0.1) is 0 Å². The fourth-order valence-corrected chi connectivity index (χ4v) is 3.47. The van der Waals surface area contributed by atoms with Gasteiger partial charge in [-0.3, -0.25) is 9.52 Å². The average molecular weight is 404 g/mol. The third-order valence-corrected chi connectivity index (χ3v) is 5.20. The summed E-state index contributed by atoms with van der Waals surface area (Å²) in [4.78, 5) is 12.2. The molecule has 150 valence electrons. The van der Waals surface area contributed by atoms with Crippen LogP contribution in [0.4, 0.5) is 5.69 Å². The standard InChI is InChI=1S/C20H25N3O4S/c1-4-6-15(3)21-22-20(24)16-7-9-17(10-8-16)23-28(25,26)19-13-11-18(12-14-19)27-5-2/h7-14,23H,4-6H2,1-3H3,(H,22,24)/b21-15-. The van der Waals surface area contributed by atoms with Gasteiger partial charge >= 0.3 is 0 Å². The molecule has 2 aromatic rings. The molecule has 8 heteroatoms. The highest BCUT2D eigenvalue weighted by molar-refractivity contribution is 7.92. The number of benzene rings is 2. The summed E-state index contributed by atoms with van der Waals surface area (Å²) in [5, 5.41) is 4.03. The van der Waals surface area contributed by atoms with Gasteiger partial charge in [0.15, 0.2) is 0 Å². The fraction of sp³-hybridized carbons (Fsp3) is 0.300. The molecule has 0 aliphatic rings. The molecule has 0 aromatic heterocycles. The van der Waals surface area contributed by atoms with Gasteiger partial charge in [0.05, 0.1) is 11.5 Å². The van der Waals surface area contributed by atoms with Crippen LogP contribution >= 0.6 is 0 Å². The van der Waals surface area contributed by atoms with Crippen LogP contribution in [0.5, 0.6) is 5.75 Å². The van der Waals surface area contributed by atoms with Gasteiger partial charge in [0.1, 0.15) is 5.75 Å². The van der Waals surface area contributed by atoms with Crippen molar-refractivity contribution in [1.82, 2.24) is 5.43 Å². The lowest BCUT2D eigenvalue weighted by Gasteiger charge is -2.10. The second-order valence-electron chi connectivity index (χ2n) is 6.13. The molecule has 0 heterocycles. The molecular weight excluding hydrogens is 378 g/mol. The number of rotatable bonds is 9. The number of carbonyl (C=O) groups excluding carboxylic acids is 1. The van der Waals surface area contributed by atoms with Crippen LogP contribution in [0.2, 0.25) is 0 Å². The molecule has 0 unspecified atom stereocenters. The molecule has 2 rings (SSSR count). The molecule has 0 fully saturated rings. The molecule has 2 aromatic carbocycles. The molecule has 1 amide bonds. The van der Waals surface area contributed by atoms with Crippen LogP contribution in [0.3, 0.4) is 0 Å². The third-order valence-electron chi connectivity index (χ3n) is 3.80. The van der Waals surface area contributed by atoms with Crippen molar-refractivity contribution in [1.29, 1.82) is 0 Å². The SMILES string of the molecule is CCC/C(C)=N\NC(=O)c1ccc(NS(=O)(=O)c2ccc(OCC)cc2)cc1. The Kier molecular flexibility index (Phi) is 7.57. The summed E-state index contributed by atoms with van der Waals surface area (Å²) in [6.45, 7) is 6.25. The van der Waals surface area contributed by atoms with Crippen LogP contribution < -0.4 is 14.9 Å². The zero-order valence-electron chi connectivity index (χ0n) is 16.2. The fourth-order valence-electron chi connectivity index (χ4n) is 2.41.